The van der Waals surface area contributed by atoms with E-state index < -0.39 is 0 Å². The summed E-state index contributed by atoms with van der Waals surface area (Å²) in [5, 5.41) is 2.78. The van der Waals surface area contributed by atoms with Crippen LogP contribution in [-0.4, -0.2) is 60.4 Å². The van der Waals surface area contributed by atoms with Gasteiger partial charge in [0.1, 0.15) is 0 Å². The molecule has 5 heteroatoms. The maximum Gasteiger partial charge on any atom is 0.242 e. The second-order valence-corrected chi connectivity index (χ2v) is 7.89. The summed E-state index contributed by atoms with van der Waals surface area (Å²) in [6.07, 6.45) is 5.29. The first-order chi connectivity index (χ1) is 10.3. The number of likely N-dealkylation sites (tertiary alicyclic amines) is 2. The van der Waals surface area contributed by atoms with E-state index in [1.54, 1.807) is 0 Å². The van der Waals surface area contributed by atoms with Crippen LogP contribution >= 0.6 is 0 Å². The highest BCUT2D eigenvalue weighted by molar-refractivity contribution is 5.85. The van der Waals surface area contributed by atoms with Gasteiger partial charge in [0.15, 0.2) is 0 Å². The predicted molar refractivity (Wildman–Crippen MR) is 87.5 cm³/mol. The Kier molecular flexibility index (Phi) is 5.84. The largest absolute Gasteiger partial charge is 0.347 e. The topological polar surface area (TPSA) is 52.7 Å². The fourth-order valence-electron chi connectivity index (χ4n) is 3.42. The second kappa shape index (κ2) is 7.44. The molecule has 0 spiro atoms. The third-order valence-electron chi connectivity index (χ3n) is 4.53. The van der Waals surface area contributed by atoms with Gasteiger partial charge in [-0.2, -0.15) is 0 Å². The van der Waals surface area contributed by atoms with Gasteiger partial charge in [-0.05, 0) is 44.2 Å². The quantitative estimate of drug-likeness (QED) is 0.859. The molecule has 126 valence electrons. The van der Waals surface area contributed by atoms with E-state index in [9.17, 15) is 9.59 Å². The van der Waals surface area contributed by atoms with Gasteiger partial charge < -0.3 is 10.2 Å². The molecule has 1 atom stereocenters. The lowest BCUT2D eigenvalue weighted by Gasteiger charge is -2.37. The maximum atomic E-state index is 12.3. The molecule has 0 aromatic heterocycles. The van der Waals surface area contributed by atoms with E-state index in [1.165, 1.54) is 32.4 Å². The summed E-state index contributed by atoms with van der Waals surface area (Å²) < 4.78 is 0. The Morgan fingerprint density at radius 2 is 1.77 bits per heavy atom. The van der Waals surface area contributed by atoms with Crippen molar-refractivity contribution in [3.05, 3.63) is 0 Å². The Morgan fingerprint density at radius 3 is 2.41 bits per heavy atom. The lowest BCUT2D eigenvalue weighted by atomic mass is 9.92. The van der Waals surface area contributed by atoms with E-state index in [-0.39, 0.29) is 23.8 Å². The summed E-state index contributed by atoms with van der Waals surface area (Å²) in [6, 6.07) is 0.519. The average molecular weight is 309 g/mol. The third-order valence-corrected chi connectivity index (χ3v) is 4.53. The standard InChI is InChI=1S/C17H31N3O2/c1-17(2,3)11-15(21)18-12-16(22)20-10-6-7-14(13-20)19-8-4-5-9-19/h14H,4-13H2,1-3H3,(H,18,21). The molecule has 0 saturated carbocycles. The number of carbonyl (C=O) groups excluding carboxylic acids is 2. The molecule has 0 aromatic carbocycles. The van der Waals surface area contributed by atoms with Crippen LogP contribution in [0.15, 0.2) is 0 Å². The lowest BCUT2D eigenvalue weighted by molar-refractivity contribution is -0.135. The molecule has 0 radical (unpaired) electrons. The van der Waals surface area contributed by atoms with Gasteiger partial charge >= 0.3 is 0 Å². The summed E-state index contributed by atoms with van der Waals surface area (Å²) in [7, 11) is 0. The van der Waals surface area contributed by atoms with Crippen molar-refractivity contribution in [3.8, 4) is 0 Å². The van der Waals surface area contributed by atoms with Gasteiger partial charge in [-0.15, -0.1) is 0 Å². The summed E-state index contributed by atoms with van der Waals surface area (Å²) >= 11 is 0. The minimum absolute atomic E-state index is 0.0334. The first-order valence-electron chi connectivity index (χ1n) is 8.64. The maximum absolute atomic E-state index is 12.3. The van der Waals surface area contributed by atoms with E-state index >= 15 is 0 Å². The van der Waals surface area contributed by atoms with E-state index in [1.807, 2.05) is 25.7 Å². The number of piperidine rings is 1. The fourth-order valence-corrected chi connectivity index (χ4v) is 3.42. The van der Waals surface area contributed by atoms with E-state index in [0.29, 0.717) is 12.5 Å². The fraction of sp³-hybridized carbons (Fsp3) is 0.882. The molecular formula is C17H31N3O2. The van der Waals surface area contributed by atoms with Crippen LogP contribution < -0.4 is 5.32 Å². The molecule has 0 aromatic rings. The Labute approximate surface area is 134 Å². The number of hydrogen-bond acceptors (Lipinski definition) is 3. The number of carbonyl (C=O) groups is 2. The Morgan fingerprint density at radius 1 is 1.09 bits per heavy atom. The molecule has 2 aliphatic rings. The molecule has 2 rings (SSSR count). The van der Waals surface area contributed by atoms with Gasteiger partial charge in [0.05, 0.1) is 6.54 Å². The number of amides is 2. The van der Waals surface area contributed by atoms with Gasteiger partial charge in [0, 0.05) is 25.6 Å². The number of rotatable bonds is 4. The molecule has 0 aliphatic carbocycles. The molecule has 2 heterocycles. The van der Waals surface area contributed by atoms with E-state index in [0.717, 1.165) is 19.5 Å². The van der Waals surface area contributed by atoms with E-state index in [2.05, 4.69) is 10.2 Å². The SMILES string of the molecule is CC(C)(C)CC(=O)NCC(=O)N1CCCC(N2CCCC2)C1. The highest BCUT2D eigenvalue weighted by Crippen LogP contribution is 2.20. The third kappa shape index (κ3) is 5.27. The molecule has 0 bridgehead atoms. The molecule has 1 unspecified atom stereocenters. The van der Waals surface area contributed by atoms with Crippen LogP contribution in [0.4, 0.5) is 0 Å². The second-order valence-electron chi connectivity index (χ2n) is 7.89. The van der Waals surface area contributed by atoms with Gasteiger partial charge in [0.2, 0.25) is 11.8 Å². The first kappa shape index (κ1) is 17.3. The van der Waals surface area contributed by atoms with Crippen molar-refractivity contribution >= 4 is 11.8 Å². The van der Waals surface area contributed by atoms with Crippen LogP contribution in [0.3, 0.4) is 0 Å². The van der Waals surface area contributed by atoms with Crippen LogP contribution in [0.2, 0.25) is 0 Å². The summed E-state index contributed by atoms with van der Waals surface area (Å²) in [5.41, 5.74) is -0.0426. The monoisotopic (exact) mass is 309 g/mol. The van der Waals surface area contributed by atoms with Crippen molar-refractivity contribution in [3.63, 3.8) is 0 Å². The van der Waals surface area contributed by atoms with Crippen LogP contribution in [0.5, 0.6) is 0 Å². The minimum atomic E-state index is -0.0426. The number of nitrogens with one attached hydrogen (secondary N) is 1. The van der Waals surface area contributed by atoms with Crippen molar-refractivity contribution in [2.24, 2.45) is 5.41 Å². The normalized spacial score (nSPS) is 23.6. The van der Waals surface area contributed by atoms with Crippen molar-refractivity contribution < 1.29 is 9.59 Å². The Balaban J connectivity index is 1.75. The highest BCUT2D eigenvalue weighted by Gasteiger charge is 2.29. The predicted octanol–water partition coefficient (Wildman–Crippen LogP) is 1.63. The number of hydrogen-bond donors (Lipinski definition) is 1. The van der Waals surface area contributed by atoms with Crippen molar-refractivity contribution in [2.75, 3.05) is 32.7 Å². The van der Waals surface area contributed by atoms with Crippen LogP contribution in [0.1, 0.15) is 52.9 Å². The number of nitrogens with zero attached hydrogens (tertiary/aromatic N) is 2. The van der Waals surface area contributed by atoms with Crippen molar-refractivity contribution in [2.45, 2.75) is 58.9 Å². The molecule has 2 fully saturated rings. The molecular weight excluding hydrogens is 278 g/mol. The zero-order valence-electron chi connectivity index (χ0n) is 14.4. The molecule has 5 nitrogen and oxygen atoms in total. The van der Waals surface area contributed by atoms with Crippen molar-refractivity contribution in [1.82, 2.24) is 15.1 Å². The van der Waals surface area contributed by atoms with Gasteiger partial charge in [-0.3, -0.25) is 14.5 Å². The average Bonchev–Trinajstić information content (AvgIpc) is 2.97. The van der Waals surface area contributed by atoms with Gasteiger partial charge in [0.25, 0.3) is 0 Å². The van der Waals surface area contributed by atoms with Crippen LogP contribution in [-0.2, 0) is 9.59 Å². The Hall–Kier alpha value is -1.10. The molecule has 2 saturated heterocycles. The van der Waals surface area contributed by atoms with E-state index in [4.69, 9.17) is 0 Å². The molecule has 2 aliphatic heterocycles. The Bertz CT molecular complexity index is 397. The van der Waals surface area contributed by atoms with Crippen molar-refractivity contribution in [1.29, 1.82) is 0 Å². The smallest absolute Gasteiger partial charge is 0.242 e. The van der Waals surface area contributed by atoms with Crippen LogP contribution in [0, 0.1) is 5.41 Å². The zero-order chi connectivity index (χ0) is 16.2. The zero-order valence-corrected chi connectivity index (χ0v) is 14.4. The first-order valence-corrected chi connectivity index (χ1v) is 8.64. The van der Waals surface area contributed by atoms with Crippen LogP contribution in [0.25, 0.3) is 0 Å². The molecule has 2 amide bonds. The summed E-state index contributed by atoms with van der Waals surface area (Å²) in [4.78, 5) is 28.6. The highest BCUT2D eigenvalue weighted by atomic mass is 16.2. The van der Waals surface area contributed by atoms with Gasteiger partial charge in [-0.1, -0.05) is 20.8 Å². The molecule has 1 N–H and O–H groups in total. The summed E-state index contributed by atoms with van der Waals surface area (Å²) in [6.45, 7) is 10.2. The molecule has 22 heavy (non-hydrogen) atoms. The minimum Gasteiger partial charge on any atom is -0.347 e. The van der Waals surface area contributed by atoms with Gasteiger partial charge in [-0.25, -0.2) is 0 Å². The lowest BCUT2D eigenvalue weighted by Crippen LogP contribution is -2.51. The summed E-state index contributed by atoms with van der Waals surface area (Å²) in [5.74, 6) is 0.0279.